The highest BCUT2D eigenvalue weighted by Gasteiger charge is 2.43. The first-order valence-electron chi connectivity index (χ1n) is 6.88. The molecular weight excluding hydrogens is 244 g/mol. The topological polar surface area (TPSA) is 45.4 Å². The van der Waals surface area contributed by atoms with Gasteiger partial charge in [-0.1, -0.05) is 0 Å². The number of hydrogen-bond acceptors (Lipinski definition) is 5. The summed E-state index contributed by atoms with van der Waals surface area (Å²) in [6, 6.07) is 0. The molecule has 1 saturated heterocycles. The molecule has 0 unspecified atom stereocenters. The number of nitrogens with zero attached hydrogens (tertiary/aromatic N) is 3. The molecule has 5 heteroatoms. The molecule has 0 amide bonds. The van der Waals surface area contributed by atoms with Gasteiger partial charge in [0.2, 0.25) is 0 Å². The van der Waals surface area contributed by atoms with Crippen molar-refractivity contribution >= 4 is 16.5 Å². The van der Waals surface area contributed by atoms with E-state index >= 15 is 0 Å². The minimum Gasteiger partial charge on any atom is -0.346 e. The second-order valence-electron chi connectivity index (χ2n) is 5.62. The Morgan fingerprint density at radius 3 is 2.61 bits per heavy atom. The van der Waals surface area contributed by atoms with Gasteiger partial charge in [0.15, 0.2) is 5.13 Å². The van der Waals surface area contributed by atoms with E-state index in [1.54, 1.807) is 11.3 Å². The van der Waals surface area contributed by atoms with Crippen LogP contribution < -0.4 is 10.6 Å². The van der Waals surface area contributed by atoms with Crippen LogP contribution >= 0.6 is 11.3 Å². The fourth-order valence-corrected chi connectivity index (χ4v) is 3.61. The Morgan fingerprint density at radius 2 is 2.06 bits per heavy atom. The van der Waals surface area contributed by atoms with Crippen molar-refractivity contribution in [2.75, 3.05) is 44.2 Å². The first-order chi connectivity index (χ1) is 8.81. The van der Waals surface area contributed by atoms with Crippen LogP contribution in [0.15, 0.2) is 11.6 Å². The summed E-state index contributed by atoms with van der Waals surface area (Å²) in [6.45, 7) is 6.69. The lowest BCUT2D eigenvalue weighted by molar-refractivity contribution is 0.203. The minimum absolute atomic E-state index is 0.581. The molecule has 3 rings (SSSR count). The molecule has 0 radical (unpaired) electrons. The number of thiazole rings is 1. The molecule has 1 aromatic heterocycles. The zero-order chi connectivity index (χ0) is 12.4. The lowest BCUT2D eigenvalue weighted by atomic mass is 10.0. The highest BCUT2D eigenvalue weighted by Crippen LogP contribution is 2.49. The quantitative estimate of drug-likeness (QED) is 0.875. The third kappa shape index (κ3) is 2.68. The van der Waals surface area contributed by atoms with E-state index < -0.39 is 0 Å². The van der Waals surface area contributed by atoms with Crippen molar-refractivity contribution in [2.24, 2.45) is 11.1 Å². The molecule has 1 aromatic rings. The average Bonchev–Trinajstić information content (AvgIpc) is 2.94. The van der Waals surface area contributed by atoms with Crippen molar-refractivity contribution in [2.45, 2.75) is 19.3 Å². The molecule has 2 aliphatic rings. The van der Waals surface area contributed by atoms with E-state index in [0.29, 0.717) is 5.41 Å². The van der Waals surface area contributed by atoms with Crippen LogP contribution in [0.2, 0.25) is 0 Å². The Bertz CT molecular complexity index is 366. The van der Waals surface area contributed by atoms with Crippen LogP contribution in [0.25, 0.3) is 0 Å². The Kier molecular flexibility index (Phi) is 3.54. The maximum Gasteiger partial charge on any atom is 0.185 e. The third-order valence-electron chi connectivity index (χ3n) is 4.25. The van der Waals surface area contributed by atoms with Gasteiger partial charge in [0.1, 0.15) is 0 Å². The van der Waals surface area contributed by atoms with Gasteiger partial charge in [-0.3, -0.25) is 4.90 Å². The molecule has 1 saturated carbocycles. The van der Waals surface area contributed by atoms with Crippen LogP contribution in [0.4, 0.5) is 5.13 Å². The smallest absolute Gasteiger partial charge is 0.185 e. The molecule has 1 aliphatic carbocycles. The van der Waals surface area contributed by atoms with E-state index in [1.807, 2.05) is 6.20 Å². The number of aromatic nitrogens is 1. The molecule has 4 nitrogen and oxygen atoms in total. The van der Waals surface area contributed by atoms with Crippen LogP contribution in [0.5, 0.6) is 0 Å². The SMILES string of the molecule is NCCC1(CN2CCN(c3nccs3)CC2)CC1. The lowest BCUT2D eigenvalue weighted by Crippen LogP contribution is -2.48. The summed E-state index contributed by atoms with van der Waals surface area (Å²) >= 11 is 1.74. The first kappa shape index (κ1) is 12.4. The number of rotatable bonds is 5. The van der Waals surface area contributed by atoms with Crippen molar-refractivity contribution in [1.82, 2.24) is 9.88 Å². The molecule has 18 heavy (non-hydrogen) atoms. The summed E-state index contributed by atoms with van der Waals surface area (Å²) in [7, 11) is 0. The number of hydrogen-bond donors (Lipinski definition) is 1. The fraction of sp³-hybridized carbons (Fsp3) is 0.769. The molecule has 2 N–H and O–H groups in total. The van der Waals surface area contributed by atoms with Gasteiger partial charge in [0, 0.05) is 44.3 Å². The maximum absolute atomic E-state index is 5.71. The van der Waals surface area contributed by atoms with Crippen LogP contribution in [0.1, 0.15) is 19.3 Å². The second-order valence-corrected chi connectivity index (χ2v) is 6.49. The second kappa shape index (κ2) is 5.15. The zero-order valence-electron chi connectivity index (χ0n) is 10.8. The number of anilines is 1. The third-order valence-corrected chi connectivity index (χ3v) is 5.09. The summed E-state index contributed by atoms with van der Waals surface area (Å²) in [5.74, 6) is 0. The molecule has 2 fully saturated rings. The average molecular weight is 266 g/mol. The standard InChI is InChI=1S/C13H22N4S/c14-4-3-13(1-2-13)11-16-6-8-17(9-7-16)12-15-5-10-18-12/h5,10H,1-4,6-9,11,14H2. The predicted octanol–water partition coefficient (Wildman–Crippen LogP) is 1.39. The van der Waals surface area contributed by atoms with Crippen molar-refractivity contribution in [1.29, 1.82) is 0 Å². The van der Waals surface area contributed by atoms with E-state index in [1.165, 1.54) is 44.0 Å². The summed E-state index contributed by atoms with van der Waals surface area (Å²) in [4.78, 5) is 9.41. The Morgan fingerprint density at radius 1 is 1.28 bits per heavy atom. The summed E-state index contributed by atoms with van der Waals surface area (Å²) < 4.78 is 0. The normalized spacial score (nSPS) is 23.3. The van der Waals surface area contributed by atoms with Crippen LogP contribution in [0.3, 0.4) is 0 Å². The van der Waals surface area contributed by atoms with Gasteiger partial charge < -0.3 is 10.6 Å². The van der Waals surface area contributed by atoms with Crippen molar-refractivity contribution in [3.63, 3.8) is 0 Å². The van der Waals surface area contributed by atoms with E-state index in [4.69, 9.17) is 5.73 Å². The molecule has 1 aliphatic heterocycles. The minimum atomic E-state index is 0.581. The first-order valence-corrected chi connectivity index (χ1v) is 7.76. The van der Waals surface area contributed by atoms with Gasteiger partial charge in [-0.2, -0.15) is 0 Å². The predicted molar refractivity (Wildman–Crippen MR) is 76.1 cm³/mol. The zero-order valence-corrected chi connectivity index (χ0v) is 11.7. The highest BCUT2D eigenvalue weighted by molar-refractivity contribution is 7.13. The number of piperazine rings is 1. The largest absolute Gasteiger partial charge is 0.346 e. The summed E-state index contributed by atoms with van der Waals surface area (Å²) in [5, 5.41) is 3.24. The summed E-state index contributed by atoms with van der Waals surface area (Å²) in [5.41, 5.74) is 6.29. The van der Waals surface area contributed by atoms with E-state index in [2.05, 4.69) is 20.2 Å². The Hall–Kier alpha value is -0.650. The lowest BCUT2D eigenvalue weighted by Gasteiger charge is -2.36. The Labute approximate surface area is 113 Å². The van der Waals surface area contributed by atoms with Crippen molar-refractivity contribution in [3.8, 4) is 0 Å². The molecular formula is C13H22N4S. The number of nitrogens with two attached hydrogens (primary N) is 1. The molecule has 0 atom stereocenters. The summed E-state index contributed by atoms with van der Waals surface area (Å²) in [6.07, 6.45) is 5.88. The van der Waals surface area contributed by atoms with Crippen LogP contribution in [0, 0.1) is 5.41 Å². The maximum atomic E-state index is 5.71. The fourth-order valence-electron chi connectivity index (χ4n) is 2.91. The van der Waals surface area contributed by atoms with Crippen molar-refractivity contribution < 1.29 is 0 Å². The van der Waals surface area contributed by atoms with Crippen molar-refractivity contribution in [3.05, 3.63) is 11.6 Å². The molecule has 0 bridgehead atoms. The van der Waals surface area contributed by atoms with Gasteiger partial charge in [0.05, 0.1) is 0 Å². The van der Waals surface area contributed by atoms with Gasteiger partial charge in [0.25, 0.3) is 0 Å². The molecule has 2 heterocycles. The highest BCUT2D eigenvalue weighted by atomic mass is 32.1. The van der Waals surface area contributed by atoms with Gasteiger partial charge >= 0.3 is 0 Å². The van der Waals surface area contributed by atoms with Gasteiger partial charge in [-0.05, 0) is 31.2 Å². The molecule has 0 spiro atoms. The Balaban J connectivity index is 1.48. The molecule has 100 valence electrons. The van der Waals surface area contributed by atoms with E-state index in [0.717, 1.165) is 19.6 Å². The monoisotopic (exact) mass is 266 g/mol. The van der Waals surface area contributed by atoms with E-state index in [9.17, 15) is 0 Å². The van der Waals surface area contributed by atoms with Gasteiger partial charge in [-0.15, -0.1) is 11.3 Å². The van der Waals surface area contributed by atoms with Crippen LogP contribution in [-0.2, 0) is 0 Å². The van der Waals surface area contributed by atoms with E-state index in [-0.39, 0.29) is 0 Å². The van der Waals surface area contributed by atoms with Crippen LogP contribution in [-0.4, -0.2) is 49.2 Å². The molecule has 0 aromatic carbocycles. The van der Waals surface area contributed by atoms with Gasteiger partial charge in [-0.25, -0.2) is 4.98 Å².